The largest absolute Gasteiger partial charge is 0.346 e. The summed E-state index contributed by atoms with van der Waals surface area (Å²) in [7, 11) is 0. The molecule has 0 aromatic carbocycles. The fraction of sp³-hybridized carbons (Fsp3) is 0. The van der Waals surface area contributed by atoms with Gasteiger partial charge in [0.15, 0.2) is 6.29 Å². The van der Waals surface area contributed by atoms with Crippen molar-refractivity contribution >= 4 is 28.9 Å². The van der Waals surface area contributed by atoms with Crippen LogP contribution in [0.25, 0.3) is 11.0 Å². The molecule has 2 aromatic rings. The third-order valence-corrected chi connectivity index (χ3v) is 1.85. The maximum atomic E-state index is 10.6. The molecule has 0 saturated carbocycles. The number of fused-ring (bicyclic) bond motifs is 1. The average Bonchev–Trinajstić information content (AvgIpc) is 2.50. The van der Waals surface area contributed by atoms with E-state index < -0.39 is 0 Å². The summed E-state index contributed by atoms with van der Waals surface area (Å²) in [6.45, 7) is 0. The molecule has 3 nitrogen and oxygen atoms in total. The molecule has 0 amide bonds. The molecule has 2 heterocycles. The van der Waals surface area contributed by atoms with E-state index in [2.05, 4.69) is 9.97 Å². The van der Waals surface area contributed by atoms with E-state index >= 15 is 0 Å². The molecule has 0 radical (unpaired) electrons. The molecule has 0 saturated heterocycles. The van der Waals surface area contributed by atoms with Gasteiger partial charge < -0.3 is 4.98 Å². The van der Waals surface area contributed by atoms with Gasteiger partial charge in [-0.1, -0.05) is 11.6 Å². The number of aromatic nitrogens is 2. The highest BCUT2D eigenvalue weighted by Gasteiger charge is 2.03. The lowest BCUT2D eigenvalue weighted by atomic mass is 10.2. The summed E-state index contributed by atoms with van der Waals surface area (Å²) in [6.07, 6.45) is 2.49. The highest BCUT2D eigenvalue weighted by atomic mass is 35.5. The zero-order valence-corrected chi connectivity index (χ0v) is 6.80. The van der Waals surface area contributed by atoms with Crippen LogP contribution in [0.5, 0.6) is 0 Å². The summed E-state index contributed by atoms with van der Waals surface area (Å²) >= 11 is 5.67. The first-order valence-corrected chi connectivity index (χ1v) is 3.78. The number of H-pyrrole nitrogens is 1. The second kappa shape index (κ2) is 2.60. The highest BCUT2D eigenvalue weighted by Crippen LogP contribution is 2.17. The fourth-order valence-electron chi connectivity index (χ4n) is 1.13. The maximum absolute atomic E-state index is 10.6. The molecule has 0 bridgehead atoms. The number of pyridine rings is 1. The van der Waals surface area contributed by atoms with Crippen LogP contribution in [0.4, 0.5) is 0 Å². The molecular formula is C8H5ClN2O. The van der Waals surface area contributed by atoms with Gasteiger partial charge in [0.2, 0.25) is 0 Å². The Balaban J connectivity index is 2.88. The van der Waals surface area contributed by atoms with E-state index in [0.717, 1.165) is 11.7 Å². The molecule has 2 aromatic heterocycles. The number of nitrogens with one attached hydrogen (secondary N) is 1. The zero-order valence-electron chi connectivity index (χ0n) is 6.04. The first kappa shape index (κ1) is 7.31. The van der Waals surface area contributed by atoms with E-state index in [0.29, 0.717) is 16.4 Å². The normalized spacial score (nSPS) is 10.4. The summed E-state index contributed by atoms with van der Waals surface area (Å²) in [5.41, 5.74) is 1.20. The minimum Gasteiger partial charge on any atom is -0.346 e. The number of carbonyl (C=O) groups excluding carboxylic acids is 1. The van der Waals surface area contributed by atoms with Gasteiger partial charge in [0, 0.05) is 17.1 Å². The Morgan fingerprint density at radius 3 is 3.17 bits per heavy atom. The second-order valence-electron chi connectivity index (χ2n) is 2.39. The van der Waals surface area contributed by atoms with Crippen molar-refractivity contribution in [1.29, 1.82) is 0 Å². The summed E-state index contributed by atoms with van der Waals surface area (Å²) in [4.78, 5) is 17.4. The van der Waals surface area contributed by atoms with Crippen molar-refractivity contribution in [2.75, 3.05) is 0 Å². The maximum Gasteiger partial charge on any atom is 0.150 e. The SMILES string of the molecule is O=Cc1cc(Cl)nc2[nH]ccc12. The average molecular weight is 181 g/mol. The zero-order chi connectivity index (χ0) is 8.55. The summed E-state index contributed by atoms with van der Waals surface area (Å²) in [5, 5.41) is 1.13. The first-order valence-electron chi connectivity index (χ1n) is 3.40. The molecule has 60 valence electrons. The molecule has 0 aliphatic rings. The predicted octanol–water partition coefficient (Wildman–Crippen LogP) is 2.03. The minimum atomic E-state index is 0.326. The van der Waals surface area contributed by atoms with E-state index in [4.69, 9.17) is 11.6 Å². The van der Waals surface area contributed by atoms with Crippen molar-refractivity contribution in [2.45, 2.75) is 0 Å². The van der Waals surface area contributed by atoms with Gasteiger partial charge in [-0.05, 0) is 12.1 Å². The van der Waals surface area contributed by atoms with E-state index in [1.165, 1.54) is 0 Å². The Labute approximate surface area is 73.4 Å². The van der Waals surface area contributed by atoms with Crippen LogP contribution in [0.2, 0.25) is 5.15 Å². The smallest absolute Gasteiger partial charge is 0.150 e. The van der Waals surface area contributed by atoms with Crippen LogP contribution < -0.4 is 0 Å². The number of rotatable bonds is 1. The summed E-state index contributed by atoms with van der Waals surface area (Å²) in [6, 6.07) is 3.34. The molecule has 0 fully saturated rings. The van der Waals surface area contributed by atoms with Gasteiger partial charge in [-0.3, -0.25) is 4.79 Å². The second-order valence-corrected chi connectivity index (χ2v) is 2.78. The number of carbonyl (C=O) groups is 1. The van der Waals surface area contributed by atoms with E-state index in [9.17, 15) is 4.79 Å². The molecule has 0 aliphatic heterocycles. The fourth-order valence-corrected chi connectivity index (χ4v) is 1.33. The van der Waals surface area contributed by atoms with Gasteiger partial charge in [-0.15, -0.1) is 0 Å². The van der Waals surface area contributed by atoms with Crippen molar-refractivity contribution in [1.82, 2.24) is 9.97 Å². The van der Waals surface area contributed by atoms with Crippen LogP contribution >= 0.6 is 11.6 Å². The Morgan fingerprint density at radius 1 is 1.58 bits per heavy atom. The number of hydrogen-bond donors (Lipinski definition) is 1. The van der Waals surface area contributed by atoms with Crippen LogP contribution in [0.3, 0.4) is 0 Å². The molecular weight excluding hydrogens is 176 g/mol. The Morgan fingerprint density at radius 2 is 2.42 bits per heavy atom. The molecule has 1 N–H and O–H groups in total. The predicted molar refractivity (Wildman–Crippen MR) is 46.5 cm³/mol. The van der Waals surface area contributed by atoms with Gasteiger partial charge in [0.05, 0.1) is 0 Å². The molecule has 2 rings (SSSR count). The standard InChI is InChI=1S/C8H5ClN2O/c9-7-3-5(4-12)6-1-2-10-8(6)11-7/h1-4H,(H,10,11). The van der Waals surface area contributed by atoms with E-state index in [1.54, 1.807) is 18.3 Å². The van der Waals surface area contributed by atoms with Crippen molar-refractivity contribution in [3.05, 3.63) is 29.0 Å². The van der Waals surface area contributed by atoms with Gasteiger partial charge in [-0.25, -0.2) is 4.98 Å². The van der Waals surface area contributed by atoms with Crippen molar-refractivity contribution in [3.8, 4) is 0 Å². The monoisotopic (exact) mass is 180 g/mol. The van der Waals surface area contributed by atoms with Crippen LogP contribution in [0.1, 0.15) is 10.4 Å². The lowest BCUT2D eigenvalue weighted by Crippen LogP contribution is -1.85. The summed E-state index contributed by atoms with van der Waals surface area (Å²) in [5.74, 6) is 0. The van der Waals surface area contributed by atoms with Crippen molar-refractivity contribution in [3.63, 3.8) is 0 Å². The Kier molecular flexibility index (Phi) is 1.59. The number of hydrogen-bond acceptors (Lipinski definition) is 2. The number of halogens is 1. The molecule has 0 spiro atoms. The minimum absolute atomic E-state index is 0.326. The van der Waals surface area contributed by atoms with E-state index in [-0.39, 0.29) is 0 Å². The molecule has 0 aliphatic carbocycles. The quantitative estimate of drug-likeness (QED) is 0.539. The lowest BCUT2D eigenvalue weighted by molar-refractivity contribution is 0.112. The number of nitrogens with zero attached hydrogens (tertiary/aromatic N) is 1. The van der Waals surface area contributed by atoms with Crippen LogP contribution in [0.15, 0.2) is 18.3 Å². The van der Waals surface area contributed by atoms with Crippen LogP contribution in [-0.2, 0) is 0 Å². The first-order chi connectivity index (χ1) is 5.81. The number of aromatic amines is 1. The van der Waals surface area contributed by atoms with Gasteiger partial charge in [0.25, 0.3) is 0 Å². The third kappa shape index (κ3) is 0.987. The van der Waals surface area contributed by atoms with Crippen molar-refractivity contribution < 1.29 is 4.79 Å². The highest BCUT2D eigenvalue weighted by molar-refractivity contribution is 6.30. The van der Waals surface area contributed by atoms with Gasteiger partial charge >= 0.3 is 0 Å². The lowest BCUT2D eigenvalue weighted by Gasteiger charge is -1.94. The van der Waals surface area contributed by atoms with E-state index in [1.807, 2.05) is 0 Å². The third-order valence-electron chi connectivity index (χ3n) is 1.66. The Hall–Kier alpha value is -1.35. The Bertz CT molecular complexity index is 436. The molecule has 4 heteroatoms. The van der Waals surface area contributed by atoms with Crippen LogP contribution in [0, 0.1) is 0 Å². The van der Waals surface area contributed by atoms with Crippen molar-refractivity contribution in [2.24, 2.45) is 0 Å². The topological polar surface area (TPSA) is 45.8 Å². The molecule has 0 atom stereocenters. The molecule has 0 unspecified atom stereocenters. The van der Waals surface area contributed by atoms with Gasteiger partial charge in [-0.2, -0.15) is 0 Å². The molecule has 12 heavy (non-hydrogen) atoms. The van der Waals surface area contributed by atoms with Gasteiger partial charge in [0.1, 0.15) is 10.8 Å². The number of aldehydes is 1. The summed E-state index contributed by atoms with van der Waals surface area (Å²) < 4.78 is 0. The van der Waals surface area contributed by atoms with Crippen LogP contribution in [-0.4, -0.2) is 16.3 Å².